The van der Waals surface area contributed by atoms with Crippen molar-refractivity contribution >= 4 is 5.91 Å². The van der Waals surface area contributed by atoms with Crippen LogP contribution in [0.1, 0.15) is 6.42 Å². The maximum atomic E-state index is 11.4. The molecule has 0 aromatic heterocycles. The van der Waals surface area contributed by atoms with Gasteiger partial charge in [-0.25, -0.2) is 0 Å². The van der Waals surface area contributed by atoms with Crippen molar-refractivity contribution in [2.45, 2.75) is 18.6 Å². The fourth-order valence-corrected chi connectivity index (χ4v) is 1.91. The normalized spacial score (nSPS) is 32.9. The van der Waals surface area contributed by atoms with Gasteiger partial charge >= 0.3 is 0 Å². The van der Waals surface area contributed by atoms with E-state index in [1.807, 2.05) is 4.90 Å². The summed E-state index contributed by atoms with van der Waals surface area (Å²) in [7, 11) is 1.54. The van der Waals surface area contributed by atoms with Crippen molar-refractivity contribution in [1.29, 1.82) is 0 Å². The number of rotatable bonds is 2. The number of hydrogen-bond donors (Lipinski definition) is 0. The van der Waals surface area contributed by atoms with E-state index in [0.717, 1.165) is 13.0 Å². The van der Waals surface area contributed by atoms with Gasteiger partial charge in [-0.2, -0.15) is 0 Å². The Balaban J connectivity index is 1.93. The zero-order valence-corrected chi connectivity index (χ0v) is 7.16. The van der Waals surface area contributed by atoms with Gasteiger partial charge in [0.25, 0.3) is 0 Å². The van der Waals surface area contributed by atoms with E-state index >= 15 is 0 Å². The lowest BCUT2D eigenvalue weighted by Crippen LogP contribution is -2.43. The number of carbonyl (C=O) groups is 1. The molecule has 2 aliphatic heterocycles. The lowest BCUT2D eigenvalue weighted by atomic mass is 10.2. The predicted molar refractivity (Wildman–Crippen MR) is 41.7 cm³/mol. The monoisotopic (exact) mass is 171 g/mol. The Bertz CT molecular complexity index is 195. The summed E-state index contributed by atoms with van der Waals surface area (Å²) in [5.74, 6) is 0.0910. The molecule has 0 radical (unpaired) electrons. The topological polar surface area (TPSA) is 38.8 Å². The van der Waals surface area contributed by atoms with Crippen LogP contribution in [0.2, 0.25) is 0 Å². The van der Waals surface area contributed by atoms with Crippen molar-refractivity contribution < 1.29 is 14.3 Å². The summed E-state index contributed by atoms with van der Waals surface area (Å²) in [5, 5.41) is 0. The van der Waals surface area contributed by atoms with Gasteiger partial charge in [0, 0.05) is 13.7 Å². The number of morpholine rings is 1. The second kappa shape index (κ2) is 3.03. The van der Waals surface area contributed by atoms with Crippen LogP contribution in [0.3, 0.4) is 0 Å². The SMILES string of the molecule is COCC(=O)N1C[C@H]2C[C@H]1CO2. The smallest absolute Gasteiger partial charge is 0.248 e. The molecule has 2 atom stereocenters. The number of hydrogen-bond acceptors (Lipinski definition) is 3. The molecular formula is C8H13NO3. The number of amides is 1. The van der Waals surface area contributed by atoms with Crippen LogP contribution in [0, 0.1) is 0 Å². The van der Waals surface area contributed by atoms with E-state index in [-0.39, 0.29) is 18.6 Å². The number of nitrogens with zero attached hydrogens (tertiary/aromatic N) is 1. The van der Waals surface area contributed by atoms with Crippen molar-refractivity contribution in [2.24, 2.45) is 0 Å². The highest BCUT2D eigenvalue weighted by atomic mass is 16.5. The summed E-state index contributed by atoms with van der Waals surface area (Å²) in [6.07, 6.45) is 1.30. The van der Waals surface area contributed by atoms with Gasteiger partial charge in [-0.05, 0) is 6.42 Å². The Morgan fingerprint density at radius 3 is 3.08 bits per heavy atom. The van der Waals surface area contributed by atoms with Gasteiger partial charge in [0.1, 0.15) is 6.61 Å². The average molecular weight is 171 g/mol. The largest absolute Gasteiger partial charge is 0.375 e. The van der Waals surface area contributed by atoms with Gasteiger partial charge < -0.3 is 14.4 Å². The third-order valence-corrected chi connectivity index (χ3v) is 2.49. The van der Waals surface area contributed by atoms with E-state index in [0.29, 0.717) is 12.6 Å². The van der Waals surface area contributed by atoms with E-state index in [1.54, 1.807) is 7.11 Å². The quantitative estimate of drug-likeness (QED) is 0.569. The average Bonchev–Trinajstić information content (AvgIpc) is 2.64. The maximum Gasteiger partial charge on any atom is 0.248 e. The Morgan fingerprint density at radius 2 is 2.58 bits per heavy atom. The summed E-state index contributed by atoms with van der Waals surface area (Å²) < 4.78 is 10.2. The molecule has 0 spiro atoms. The van der Waals surface area contributed by atoms with Crippen LogP contribution in [0.5, 0.6) is 0 Å². The molecule has 2 aliphatic rings. The van der Waals surface area contributed by atoms with Crippen LogP contribution in [0.15, 0.2) is 0 Å². The van der Waals surface area contributed by atoms with Crippen molar-refractivity contribution in [3.05, 3.63) is 0 Å². The number of ether oxygens (including phenoxy) is 2. The predicted octanol–water partition coefficient (Wildman–Crippen LogP) is -0.368. The number of fused-ring (bicyclic) bond motifs is 2. The molecule has 0 saturated carbocycles. The molecular weight excluding hydrogens is 158 g/mol. The molecule has 2 saturated heterocycles. The Labute approximate surface area is 71.4 Å². The molecule has 0 aliphatic carbocycles. The van der Waals surface area contributed by atoms with E-state index in [4.69, 9.17) is 9.47 Å². The first kappa shape index (κ1) is 8.01. The third-order valence-electron chi connectivity index (χ3n) is 2.49. The number of methoxy groups -OCH3 is 1. The molecule has 1 amide bonds. The van der Waals surface area contributed by atoms with Crippen LogP contribution in [0.4, 0.5) is 0 Å². The zero-order chi connectivity index (χ0) is 8.55. The highest BCUT2D eigenvalue weighted by molar-refractivity contribution is 5.78. The number of likely N-dealkylation sites (tertiary alicyclic amines) is 1. The van der Waals surface area contributed by atoms with E-state index in [2.05, 4.69) is 0 Å². The molecule has 0 N–H and O–H groups in total. The zero-order valence-electron chi connectivity index (χ0n) is 7.16. The van der Waals surface area contributed by atoms with Gasteiger partial charge in [-0.3, -0.25) is 4.79 Å². The van der Waals surface area contributed by atoms with Crippen molar-refractivity contribution in [1.82, 2.24) is 4.90 Å². The molecule has 0 unspecified atom stereocenters. The van der Waals surface area contributed by atoms with Crippen molar-refractivity contribution in [3.8, 4) is 0 Å². The Kier molecular flexibility index (Phi) is 2.02. The van der Waals surface area contributed by atoms with Crippen LogP contribution >= 0.6 is 0 Å². The maximum absolute atomic E-state index is 11.4. The summed E-state index contributed by atoms with van der Waals surface area (Å²) in [4.78, 5) is 13.3. The molecule has 0 aromatic rings. The molecule has 68 valence electrons. The molecule has 2 rings (SSSR count). The minimum atomic E-state index is 0.0910. The lowest BCUT2D eigenvalue weighted by molar-refractivity contribution is -0.139. The minimum Gasteiger partial charge on any atom is -0.375 e. The van der Waals surface area contributed by atoms with Crippen LogP contribution in [-0.4, -0.2) is 49.8 Å². The fraction of sp³-hybridized carbons (Fsp3) is 0.875. The van der Waals surface area contributed by atoms with Crippen LogP contribution < -0.4 is 0 Å². The Morgan fingerprint density at radius 1 is 1.75 bits per heavy atom. The first-order chi connectivity index (χ1) is 5.81. The van der Waals surface area contributed by atoms with E-state index in [1.165, 1.54) is 0 Å². The van der Waals surface area contributed by atoms with Gasteiger partial charge in [0.05, 0.1) is 18.8 Å². The molecule has 4 nitrogen and oxygen atoms in total. The van der Waals surface area contributed by atoms with Gasteiger partial charge in [0.2, 0.25) is 5.91 Å². The van der Waals surface area contributed by atoms with Crippen LogP contribution in [0.25, 0.3) is 0 Å². The van der Waals surface area contributed by atoms with Gasteiger partial charge in [-0.1, -0.05) is 0 Å². The minimum absolute atomic E-state index is 0.0910. The molecule has 4 heteroatoms. The highest BCUT2D eigenvalue weighted by Gasteiger charge is 2.41. The van der Waals surface area contributed by atoms with Crippen LogP contribution in [-0.2, 0) is 14.3 Å². The molecule has 0 aromatic carbocycles. The number of carbonyl (C=O) groups excluding carboxylic acids is 1. The molecule has 2 fully saturated rings. The molecule has 12 heavy (non-hydrogen) atoms. The van der Waals surface area contributed by atoms with Gasteiger partial charge in [0.15, 0.2) is 0 Å². The third kappa shape index (κ3) is 1.21. The molecule has 2 bridgehead atoms. The van der Waals surface area contributed by atoms with Crippen molar-refractivity contribution in [3.63, 3.8) is 0 Å². The second-order valence-electron chi connectivity index (χ2n) is 3.32. The summed E-state index contributed by atoms with van der Waals surface area (Å²) in [5.41, 5.74) is 0. The van der Waals surface area contributed by atoms with E-state index in [9.17, 15) is 4.79 Å². The first-order valence-electron chi connectivity index (χ1n) is 4.21. The Hall–Kier alpha value is -0.610. The first-order valence-corrected chi connectivity index (χ1v) is 4.21. The fourth-order valence-electron chi connectivity index (χ4n) is 1.91. The van der Waals surface area contributed by atoms with Gasteiger partial charge in [-0.15, -0.1) is 0 Å². The van der Waals surface area contributed by atoms with Crippen molar-refractivity contribution in [2.75, 3.05) is 26.9 Å². The summed E-state index contributed by atoms with van der Waals surface area (Å²) >= 11 is 0. The molecule has 2 heterocycles. The van der Waals surface area contributed by atoms with E-state index < -0.39 is 0 Å². The second-order valence-corrected chi connectivity index (χ2v) is 3.32. The highest BCUT2D eigenvalue weighted by Crippen LogP contribution is 2.27. The standard InChI is InChI=1S/C8H13NO3/c1-11-5-8(10)9-3-7-2-6(9)4-12-7/h6-7H,2-5H2,1H3/t6-,7+/m0/s1. The lowest BCUT2D eigenvalue weighted by Gasteiger charge is -2.26. The summed E-state index contributed by atoms with van der Waals surface area (Å²) in [6, 6.07) is 0.317. The summed E-state index contributed by atoms with van der Waals surface area (Å²) in [6.45, 7) is 1.66.